The van der Waals surface area contributed by atoms with Crippen LogP contribution >= 0.6 is 0 Å². The van der Waals surface area contributed by atoms with E-state index in [-0.39, 0.29) is 24.0 Å². The SMILES string of the molecule is CCN(CCC(N)=NO)C(=O)C1CCC(C)O1. The zero-order valence-corrected chi connectivity index (χ0v) is 10.4. The summed E-state index contributed by atoms with van der Waals surface area (Å²) in [6.45, 7) is 4.94. The lowest BCUT2D eigenvalue weighted by atomic mass is 10.2. The van der Waals surface area contributed by atoms with Gasteiger partial charge in [0.2, 0.25) is 0 Å². The van der Waals surface area contributed by atoms with Gasteiger partial charge in [0.1, 0.15) is 11.9 Å². The highest BCUT2D eigenvalue weighted by Crippen LogP contribution is 2.20. The molecule has 17 heavy (non-hydrogen) atoms. The van der Waals surface area contributed by atoms with E-state index in [9.17, 15) is 4.79 Å². The third-order valence-electron chi connectivity index (χ3n) is 2.97. The van der Waals surface area contributed by atoms with Crippen LogP contribution < -0.4 is 5.73 Å². The highest BCUT2D eigenvalue weighted by molar-refractivity contribution is 5.83. The molecule has 1 heterocycles. The van der Waals surface area contributed by atoms with Gasteiger partial charge in [0.05, 0.1) is 6.10 Å². The molecule has 2 atom stereocenters. The van der Waals surface area contributed by atoms with Crippen LogP contribution in [0.5, 0.6) is 0 Å². The van der Waals surface area contributed by atoms with Crippen molar-refractivity contribution in [2.45, 2.75) is 45.3 Å². The fraction of sp³-hybridized carbons (Fsp3) is 0.818. The van der Waals surface area contributed by atoms with Gasteiger partial charge in [-0.2, -0.15) is 0 Å². The van der Waals surface area contributed by atoms with Crippen LogP contribution in [0.2, 0.25) is 0 Å². The fourth-order valence-electron chi connectivity index (χ4n) is 1.91. The molecule has 1 amide bonds. The summed E-state index contributed by atoms with van der Waals surface area (Å²) >= 11 is 0. The van der Waals surface area contributed by atoms with Crippen molar-refractivity contribution in [2.75, 3.05) is 13.1 Å². The third kappa shape index (κ3) is 3.89. The Balaban J connectivity index is 2.46. The molecule has 0 saturated carbocycles. The third-order valence-corrected chi connectivity index (χ3v) is 2.97. The molecule has 98 valence electrons. The van der Waals surface area contributed by atoms with Gasteiger partial charge >= 0.3 is 0 Å². The monoisotopic (exact) mass is 243 g/mol. The molecule has 0 aliphatic carbocycles. The second-order valence-electron chi connectivity index (χ2n) is 4.27. The molecule has 1 fully saturated rings. The second kappa shape index (κ2) is 6.44. The minimum absolute atomic E-state index is 0.00240. The summed E-state index contributed by atoms with van der Waals surface area (Å²) in [5, 5.41) is 11.3. The topological polar surface area (TPSA) is 88.1 Å². The molecule has 3 N–H and O–H groups in total. The number of ether oxygens (including phenoxy) is 1. The van der Waals surface area contributed by atoms with E-state index in [1.165, 1.54) is 0 Å². The molecular weight excluding hydrogens is 222 g/mol. The number of likely N-dealkylation sites (N-methyl/N-ethyl adjacent to an activating group) is 1. The van der Waals surface area contributed by atoms with Gasteiger partial charge in [-0.05, 0) is 26.7 Å². The quantitative estimate of drug-likeness (QED) is 0.319. The van der Waals surface area contributed by atoms with Crippen molar-refractivity contribution in [3.8, 4) is 0 Å². The first-order chi connectivity index (χ1) is 8.08. The molecule has 6 nitrogen and oxygen atoms in total. The predicted molar refractivity (Wildman–Crippen MR) is 63.8 cm³/mol. The molecule has 0 bridgehead atoms. The number of amidine groups is 1. The summed E-state index contributed by atoms with van der Waals surface area (Å²) in [7, 11) is 0. The minimum Gasteiger partial charge on any atom is -0.409 e. The Bertz CT molecular complexity index is 294. The molecular formula is C11H21N3O3. The lowest BCUT2D eigenvalue weighted by molar-refractivity contribution is -0.142. The van der Waals surface area contributed by atoms with E-state index in [2.05, 4.69) is 5.16 Å². The minimum atomic E-state index is -0.322. The zero-order valence-electron chi connectivity index (χ0n) is 10.4. The number of amides is 1. The molecule has 0 aromatic carbocycles. The number of nitrogens with two attached hydrogens (primary N) is 1. The number of carbonyl (C=O) groups is 1. The molecule has 0 radical (unpaired) electrons. The molecule has 2 unspecified atom stereocenters. The molecule has 1 aliphatic rings. The van der Waals surface area contributed by atoms with Crippen LogP contribution in [-0.4, -0.2) is 47.1 Å². The van der Waals surface area contributed by atoms with Crippen LogP contribution in [0.1, 0.15) is 33.1 Å². The number of carbonyl (C=O) groups excluding carboxylic acids is 1. The first-order valence-electron chi connectivity index (χ1n) is 5.99. The Morgan fingerprint density at radius 3 is 2.76 bits per heavy atom. The maximum absolute atomic E-state index is 12.1. The standard InChI is InChI=1S/C11H21N3O3/c1-3-14(7-6-10(12)13-16)11(15)9-5-4-8(2)17-9/h8-9,16H,3-7H2,1-2H3,(H2,12,13). The smallest absolute Gasteiger partial charge is 0.251 e. The van der Waals surface area contributed by atoms with Crippen LogP contribution in [0.15, 0.2) is 5.16 Å². The van der Waals surface area contributed by atoms with Gasteiger partial charge in [-0.1, -0.05) is 5.16 Å². The average molecular weight is 243 g/mol. The first-order valence-corrected chi connectivity index (χ1v) is 5.99. The van der Waals surface area contributed by atoms with Gasteiger partial charge in [-0.3, -0.25) is 4.79 Å². The first kappa shape index (κ1) is 13.8. The summed E-state index contributed by atoms with van der Waals surface area (Å²) in [4.78, 5) is 13.8. The van der Waals surface area contributed by atoms with Gasteiger partial charge in [0, 0.05) is 19.5 Å². The van der Waals surface area contributed by atoms with Crippen molar-refractivity contribution in [3.05, 3.63) is 0 Å². The number of hydrogen-bond donors (Lipinski definition) is 2. The van der Waals surface area contributed by atoms with E-state index < -0.39 is 0 Å². The van der Waals surface area contributed by atoms with E-state index in [1.807, 2.05) is 13.8 Å². The van der Waals surface area contributed by atoms with Crippen molar-refractivity contribution in [2.24, 2.45) is 10.9 Å². The lowest BCUT2D eigenvalue weighted by Crippen LogP contribution is -2.40. The van der Waals surface area contributed by atoms with E-state index in [4.69, 9.17) is 15.7 Å². The van der Waals surface area contributed by atoms with E-state index in [0.717, 1.165) is 12.8 Å². The maximum atomic E-state index is 12.1. The van der Waals surface area contributed by atoms with Crippen LogP contribution in [-0.2, 0) is 9.53 Å². The summed E-state index contributed by atoms with van der Waals surface area (Å²) in [5.74, 6) is 0.138. The van der Waals surface area contributed by atoms with Crippen LogP contribution in [0, 0.1) is 0 Å². The predicted octanol–water partition coefficient (Wildman–Crippen LogP) is 0.539. The Labute approximate surface area is 101 Å². The van der Waals surface area contributed by atoms with Gasteiger partial charge in [0.25, 0.3) is 5.91 Å². The Hall–Kier alpha value is -1.30. The Morgan fingerprint density at radius 1 is 1.59 bits per heavy atom. The van der Waals surface area contributed by atoms with E-state index >= 15 is 0 Å². The van der Waals surface area contributed by atoms with Crippen LogP contribution in [0.4, 0.5) is 0 Å². The highest BCUT2D eigenvalue weighted by Gasteiger charge is 2.30. The van der Waals surface area contributed by atoms with E-state index in [1.54, 1.807) is 4.90 Å². The zero-order chi connectivity index (χ0) is 12.8. The summed E-state index contributed by atoms with van der Waals surface area (Å²) < 4.78 is 5.54. The largest absolute Gasteiger partial charge is 0.409 e. The number of hydrogen-bond acceptors (Lipinski definition) is 4. The van der Waals surface area contributed by atoms with Gasteiger partial charge < -0.3 is 20.6 Å². The maximum Gasteiger partial charge on any atom is 0.251 e. The Morgan fingerprint density at radius 2 is 2.29 bits per heavy atom. The van der Waals surface area contributed by atoms with Crippen molar-refractivity contribution in [1.82, 2.24) is 4.90 Å². The normalized spacial score (nSPS) is 24.9. The molecule has 0 aromatic heterocycles. The Kier molecular flexibility index (Phi) is 5.21. The molecule has 6 heteroatoms. The van der Waals surface area contributed by atoms with Gasteiger partial charge in [-0.25, -0.2) is 0 Å². The summed E-state index contributed by atoms with van der Waals surface area (Å²) in [6, 6.07) is 0. The van der Waals surface area contributed by atoms with Crippen molar-refractivity contribution in [1.29, 1.82) is 0 Å². The van der Waals surface area contributed by atoms with Crippen LogP contribution in [0.3, 0.4) is 0 Å². The molecule has 0 spiro atoms. The number of nitrogens with zero attached hydrogens (tertiary/aromatic N) is 2. The average Bonchev–Trinajstić information content (AvgIpc) is 2.76. The van der Waals surface area contributed by atoms with E-state index in [0.29, 0.717) is 19.5 Å². The molecule has 1 rings (SSSR count). The highest BCUT2D eigenvalue weighted by atomic mass is 16.5. The van der Waals surface area contributed by atoms with Crippen molar-refractivity contribution >= 4 is 11.7 Å². The second-order valence-corrected chi connectivity index (χ2v) is 4.27. The van der Waals surface area contributed by atoms with Crippen LogP contribution in [0.25, 0.3) is 0 Å². The molecule has 0 aromatic rings. The van der Waals surface area contributed by atoms with Crippen molar-refractivity contribution in [3.63, 3.8) is 0 Å². The van der Waals surface area contributed by atoms with Gasteiger partial charge in [0.15, 0.2) is 0 Å². The lowest BCUT2D eigenvalue weighted by Gasteiger charge is -2.23. The molecule has 1 aliphatic heterocycles. The summed E-state index contributed by atoms with van der Waals surface area (Å²) in [5.41, 5.74) is 5.38. The molecule has 1 saturated heterocycles. The summed E-state index contributed by atoms with van der Waals surface area (Å²) in [6.07, 6.45) is 1.91. The van der Waals surface area contributed by atoms with Gasteiger partial charge in [-0.15, -0.1) is 0 Å². The van der Waals surface area contributed by atoms with Crippen molar-refractivity contribution < 1.29 is 14.7 Å². The fourth-order valence-corrected chi connectivity index (χ4v) is 1.91. The number of oxime groups is 1. The number of rotatable bonds is 5.